The zero-order chi connectivity index (χ0) is 21.8. The number of ether oxygens (including phenoxy) is 2. The molecule has 0 spiro atoms. The summed E-state index contributed by atoms with van der Waals surface area (Å²) in [4.78, 5) is 21.4. The molecule has 0 saturated heterocycles. The fraction of sp³-hybridized carbons (Fsp3) is 0.346. The average Bonchev–Trinajstić information content (AvgIpc) is 3.60. The lowest BCUT2D eigenvalue weighted by Crippen LogP contribution is -2.08. The van der Waals surface area contributed by atoms with E-state index < -0.39 is 0 Å². The SMILES string of the molecule is CCOC(=O)[C@H]1C[C@@H]1c1nc(-c2cncc(CCc3ccc(C)cc3)c2)ccc1OC. The van der Waals surface area contributed by atoms with E-state index in [0.717, 1.165) is 36.2 Å². The summed E-state index contributed by atoms with van der Waals surface area (Å²) < 4.78 is 10.7. The molecule has 0 bridgehead atoms. The number of esters is 1. The molecule has 4 rings (SSSR count). The fourth-order valence-corrected chi connectivity index (χ4v) is 3.88. The first kappa shape index (κ1) is 21.0. The molecule has 2 atom stereocenters. The molecular formula is C26H28N2O3. The number of benzene rings is 1. The number of hydrogen-bond acceptors (Lipinski definition) is 5. The summed E-state index contributed by atoms with van der Waals surface area (Å²) in [5, 5.41) is 0. The van der Waals surface area contributed by atoms with Crippen LogP contribution in [0.4, 0.5) is 0 Å². The minimum absolute atomic E-state index is 0.0478. The van der Waals surface area contributed by atoms with E-state index in [-0.39, 0.29) is 17.8 Å². The van der Waals surface area contributed by atoms with Gasteiger partial charge in [-0.05, 0) is 62.4 Å². The van der Waals surface area contributed by atoms with E-state index in [1.807, 2.05) is 31.5 Å². The molecule has 2 aromatic heterocycles. The summed E-state index contributed by atoms with van der Waals surface area (Å²) in [5.41, 5.74) is 6.40. The first-order chi connectivity index (χ1) is 15.1. The number of methoxy groups -OCH3 is 1. The fourth-order valence-electron chi connectivity index (χ4n) is 3.88. The van der Waals surface area contributed by atoms with Gasteiger partial charge in [-0.15, -0.1) is 0 Å². The molecule has 0 radical (unpaired) electrons. The van der Waals surface area contributed by atoms with Crippen LogP contribution >= 0.6 is 0 Å². The Bertz CT molecular complexity index is 1060. The Balaban J connectivity index is 1.52. The lowest BCUT2D eigenvalue weighted by atomic mass is 10.0. The van der Waals surface area contributed by atoms with Crippen molar-refractivity contribution in [1.29, 1.82) is 0 Å². The zero-order valence-corrected chi connectivity index (χ0v) is 18.3. The minimum atomic E-state index is -0.151. The summed E-state index contributed by atoms with van der Waals surface area (Å²) in [5.74, 6) is 0.479. The molecule has 0 aliphatic heterocycles. The van der Waals surface area contributed by atoms with Gasteiger partial charge in [0.05, 0.1) is 31.0 Å². The van der Waals surface area contributed by atoms with Crippen molar-refractivity contribution in [2.45, 2.75) is 39.0 Å². The number of carbonyl (C=O) groups is 1. The van der Waals surface area contributed by atoms with Gasteiger partial charge in [0.1, 0.15) is 5.75 Å². The number of hydrogen-bond donors (Lipinski definition) is 0. The van der Waals surface area contributed by atoms with E-state index in [1.165, 1.54) is 16.7 Å². The van der Waals surface area contributed by atoms with E-state index in [9.17, 15) is 4.79 Å². The summed E-state index contributed by atoms with van der Waals surface area (Å²) in [6.45, 7) is 4.32. The largest absolute Gasteiger partial charge is 0.495 e. The number of pyridine rings is 2. The van der Waals surface area contributed by atoms with E-state index >= 15 is 0 Å². The van der Waals surface area contributed by atoms with E-state index in [1.54, 1.807) is 7.11 Å². The van der Waals surface area contributed by atoms with Crippen molar-refractivity contribution in [1.82, 2.24) is 9.97 Å². The molecule has 3 aromatic rings. The molecule has 1 aliphatic carbocycles. The van der Waals surface area contributed by atoms with Crippen LogP contribution in [0.2, 0.25) is 0 Å². The Hall–Kier alpha value is -3.21. The van der Waals surface area contributed by atoms with Gasteiger partial charge in [0, 0.05) is 23.9 Å². The third-order valence-electron chi connectivity index (χ3n) is 5.75. The normalized spacial score (nSPS) is 17.3. The molecule has 160 valence electrons. The first-order valence-electron chi connectivity index (χ1n) is 10.8. The molecule has 1 fully saturated rings. The number of carbonyl (C=O) groups excluding carboxylic acids is 1. The molecule has 0 amide bonds. The quantitative estimate of drug-likeness (QED) is 0.488. The molecule has 1 aromatic carbocycles. The molecule has 0 unspecified atom stereocenters. The van der Waals surface area contributed by atoms with Crippen LogP contribution in [0.15, 0.2) is 54.9 Å². The number of nitrogens with zero attached hydrogens (tertiary/aromatic N) is 2. The van der Waals surface area contributed by atoms with E-state index in [0.29, 0.717) is 12.4 Å². The van der Waals surface area contributed by atoms with Crippen molar-refractivity contribution >= 4 is 5.97 Å². The van der Waals surface area contributed by atoms with Crippen LogP contribution in [0.5, 0.6) is 5.75 Å². The molecule has 2 heterocycles. The van der Waals surface area contributed by atoms with Gasteiger partial charge in [0.25, 0.3) is 0 Å². The van der Waals surface area contributed by atoms with Crippen LogP contribution in [0.3, 0.4) is 0 Å². The number of rotatable bonds is 8. The maximum atomic E-state index is 12.1. The summed E-state index contributed by atoms with van der Waals surface area (Å²) >= 11 is 0. The maximum absolute atomic E-state index is 12.1. The predicted molar refractivity (Wildman–Crippen MR) is 120 cm³/mol. The molecule has 0 N–H and O–H groups in total. The van der Waals surface area contributed by atoms with E-state index in [2.05, 4.69) is 42.2 Å². The standard InChI is InChI=1S/C26H28N2O3/c1-4-31-26(29)22-14-21(22)25-24(30-3)12-11-23(28-25)20-13-19(15-27-16-20)10-9-18-7-5-17(2)6-8-18/h5-8,11-13,15-16,21-22H,4,9-10,14H2,1-3H3/t21-,22-/m0/s1. The highest BCUT2D eigenvalue weighted by molar-refractivity contribution is 5.77. The van der Waals surface area contributed by atoms with Crippen LogP contribution in [-0.4, -0.2) is 29.7 Å². The molecule has 1 aliphatic rings. The molecule has 31 heavy (non-hydrogen) atoms. The Morgan fingerprint density at radius 1 is 1.06 bits per heavy atom. The Morgan fingerprint density at radius 3 is 2.58 bits per heavy atom. The van der Waals surface area contributed by atoms with Crippen molar-refractivity contribution in [3.63, 3.8) is 0 Å². The van der Waals surface area contributed by atoms with Gasteiger partial charge in [-0.3, -0.25) is 9.78 Å². The average molecular weight is 417 g/mol. The monoisotopic (exact) mass is 416 g/mol. The van der Waals surface area contributed by atoms with Gasteiger partial charge in [0.15, 0.2) is 0 Å². The predicted octanol–water partition coefficient (Wildman–Crippen LogP) is 4.91. The first-order valence-corrected chi connectivity index (χ1v) is 10.8. The number of aromatic nitrogens is 2. The second-order valence-electron chi connectivity index (χ2n) is 8.05. The number of aryl methyl sites for hydroxylation is 3. The van der Waals surface area contributed by atoms with E-state index in [4.69, 9.17) is 14.5 Å². The van der Waals surface area contributed by atoms with Crippen molar-refractivity contribution < 1.29 is 14.3 Å². The zero-order valence-electron chi connectivity index (χ0n) is 18.3. The Kier molecular flexibility index (Phi) is 6.31. The van der Waals surface area contributed by atoms with Gasteiger partial charge in [-0.1, -0.05) is 29.8 Å². The lowest BCUT2D eigenvalue weighted by molar-refractivity contribution is -0.144. The van der Waals surface area contributed by atoms with Gasteiger partial charge in [0.2, 0.25) is 0 Å². The Labute approximate surface area is 183 Å². The van der Waals surface area contributed by atoms with Crippen molar-refractivity contribution in [2.75, 3.05) is 13.7 Å². The van der Waals surface area contributed by atoms with Crippen LogP contribution in [-0.2, 0) is 22.4 Å². The third-order valence-corrected chi connectivity index (χ3v) is 5.75. The molecule has 5 nitrogen and oxygen atoms in total. The van der Waals surface area contributed by atoms with Crippen molar-refractivity contribution in [3.8, 4) is 17.0 Å². The second kappa shape index (κ2) is 9.29. The van der Waals surface area contributed by atoms with Crippen LogP contribution < -0.4 is 4.74 Å². The van der Waals surface area contributed by atoms with Gasteiger partial charge in [-0.2, -0.15) is 0 Å². The molecule has 1 saturated carbocycles. The lowest BCUT2D eigenvalue weighted by Gasteiger charge is -2.11. The van der Waals surface area contributed by atoms with Gasteiger partial charge >= 0.3 is 5.97 Å². The highest BCUT2D eigenvalue weighted by Crippen LogP contribution is 2.50. The van der Waals surface area contributed by atoms with Crippen molar-refractivity contribution in [2.24, 2.45) is 5.92 Å². The molecular weight excluding hydrogens is 388 g/mol. The summed E-state index contributed by atoms with van der Waals surface area (Å²) in [7, 11) is 1.63. The van der Waals surface area contributed by atoms with Gasteiger partial charge < -0.3 is 9.47 Å². The highest BCUT2D eigenvalue weighted by Gasteiger charge is 2.47. The topological polar surface area (TPSA) is 61.3 Å². The van der Waals surface area contributed by atoms with Crippen LogP contribution in [0.1, 0.15) is 41.6 Å². The molecule has 5 heteroatoms. The highest BCUT2D eigenvalue weighted by atomic mass is 16.5. The smallest absolute Gasteiger partial charge is 0.309 e. The van der Waals surface area contributed by atoms with Crippen LogP contribution in [0.25, 0.3) is 11.3 Å². The second-order valence-corrected chi connectivity index (χ2v) is 8.05. The summed E-state index contributed by atoms with van der Waals surface area (Å²) in [6, 6.07) is 14.7. The van der Waals surface area contributed by atoms with Crippen LogP contribution in [0, 0.1) is 12.8 Å². The minimum Gasteiger partial charge on any atom is -0.495 e. The Morgan fingerprint density at radius 2 is 1.84 bits per heavy atom. The third kappa shape index (κ3) is 4.93. The van der Waals surface area contributed by atoms with Crippen molar-refractivity contribution in [3.05, 3.63) is 77.2 Å². The maximum Gasteiger partial charge on any atom is 0.309 e. The summed E-state index contributed by atoms with van der Waals surface area (Å²) in [6.07, 6.45) is 6.39. The van der Waals surface area contributed by atoms with Gasteiger partial charge in [-0.25, -0.2) is 4.98 Å².